The van der Waals surface area contributed by atoms with Crippen LogP contribution in [0.1, 0.15) is 5.56 Å². The average molecular weight is 244 g/mol. The Balaban J connectivity index is 2.41. The molecule has 3 nitrogen and oxygen atoms in total. The highest BCUT2D eigenvalue weighted by atomic mass is 32.1. The van der Waals surface area contributed by atoms with Gasteiger partial charge in [0.05, 0.1) is 21.8 Å². The second-order valence-electron chi connectivity index (χ2n) is 2.82. The lowest BCUT2D eigenvalue weighted by Crippen LogP contribution is -2.16. The largest absolute Gasteiger partial charge is 0.574 e. The number of nitriles is 1. The van der Waals surface area contributed by atoms with Crippen molar-refractivity contribution in [1.82, 2.24) is 4.98 Å². The summed E-state index contributed by atoms with van der Waals surface area (Å²) in [6, 6.07) is 6.33. The van der Waals surface area contributed by atoms with E-state index in [1.54, 1.807) is 0 Å². The van der Waals surface area contributed by atoms with Gasteiger partial charge in [-0.15, -0.1) is 13.2 Å². The van der Waals surface area contributed by atoms with E-state index in [4.69, 9.17) is 5.26 Å². The molecule has 82 valence electrons. The van der Waals surface area contributed by atoms with Crippen molar-refractivity contribution < 1.29 is 17.9 Å². The predicted octanol–water partition coefficient (Wildman–Crippen LogP) is 3.07. The van der Waals surface area contributed by atoms with Crippen molar-refractivity contribution >= 4 is 21.6 Å². The van der Waals surface area contributed by atoms with Gasteiger partial charge in [0, 0.05) is 0 Å². The summed E-state index contributed by atoms with van der Waals surface area (Å²) in [6.07, 6.45) is -4.74. The quantitative estimate of drug-likeness (QED) is 0.774. The fraction of sp³-hybridized carbons (Fsp3) is 0.111. The first-order chi connectivity index (χ1) is 7.48. The van der Waals surface area contributed by atoms with Crippen LogP contribution in [0.5, 0.6) is 5.19 Å². The fourth-order valence-corrected chi connectivity index (χ4v) is 1.99. The van der Waals surface area contributed by atoms with E-state index in [9.17, 15) is 13.2 Å². The van der Waals surface area contributed by atoms with Crippen LogP contribution in [0.25, 0.3) is 10.2 Å². The van der Waals surface area contributed by atoms with E-state index in [1.165, 1.54) is 18.2 Å². The smallest absolute Gasteiger partial charge is 0.378 e. The van der Waals surface area contributed by atoms with Crippen molar-refractivity contribution in [2.45, 2.75) is 6.36 Å². The molecule has 0 radical (unpaired) electrons. The Morgan fingerprint density at radius 3 is 2.75 bits per heavy atom. The normalized spacial score (nSPS) is 11.4. The number of hydrogen-bond donors (Lipinski definition) is 0. The number of halogens is 3. The number of aromatic nitrogens is 1. The van der Waals surface area contributed by atoms with Crippen LogP contribution in [0.15, 0.2) is 18.2 Å². The molecule has 0 aliphatic rings. The van der Waals surface area contributed by atoms with Gasteiger partial charge < -0.3 is 4.74 Å². The van der Waals surface area contributed by atoms with Gasteiger partial charge in [0.15, 0.2) is 0 Å². The van der Waals surface area contributed by atoms with Gasteiger partial charge in [-0.05, 0) is 18.2 Å². The van der Waals surface area contributed by atoms with Gasteiger partial charge in [-0.3, -0.25) is 0 Å². The molecule has 0 unspecified atom stereocenters. The van der Waals surface area contributed by atoms with Crippen LogP contribution < -0.4 is 4.74 Å². The Morgan fingerprint density at radius 1 is 1.38 bits per heavy atom. The monoisotopic (exact) mass is 244 g/mol. The molecule has 0 spiro atoms. The maximum atomic E-state index is 11.9. The molecule has 0 aliphatic carbocycles. The Hall–Kier alpha value is -1.81. The van der Waals surface area contributed by atoms with Crippen molar-refractivity contribution in [3.8, 4) is 11.3 Å². The van der Waals surface area contributed by atoms with E-state index < -0.39 is 11.6 Å². The van der Waals surface area contributed by atoms with Crippen molar-refractivity contribution in [3.05, 3.63) is 23.8 Å². The molecule has 1 aromatic carbocycles. The number of rotatable bonds is 1. The summed E-state index contributed by atoms with van der Waals surface area (Å²) in [7, 11) is 0. The first-order valence-corrected chi connectivity index (χ1v) is 4.86. The number of nitrogens with zero attached hydrogens (tertiary/aromatic N) is 2. The zero-order chi connectivity index (χ0) is 11.8. The second-order valence-corrected chi connectivity index (χ2v) is 3.82. The minimum Gasteiger partial charge on any atom is -0.378 e. The van der Waals surface area contributed by atoms with E-state index in [0.717, 1.165) is 11.3 Å². The van der Waals surface area contributed by atoms with Crippen LogP contribution in [0, 0.1) is 11.3 Å². The van der Waals surface area contributed by atoms with Gasteiger partial charge in [0.1, 0.15) is 0 Å². The zero-order valence-corrected chi connectivity index (χ0v) is 8.39. The molecule has 0 saturated heterocycles. The standard InChI is InChI=1S/C9H3F3N2OS/c10-9(11,12)15-8-14-6-2-1-5(4-13)3-7(6)16-8/h1-3H. The van der Waals surface area contributed by atoms with Crippen LogP contribution in [0.3, 0.4) is 0 Å². The molecule has 2 aromatic rings. The van der Waals surface area contributed by atoms with Gasteiger partial charge in [-0.2, -0.15) is 5.26 Å². The van der Waals surface area contributed by atoms with Crippen molar-refractivity contribution in [2.75, 3.05) is 0 Å². The topological polar surface area (TPSA) is 45.9 Å². The number of thiazole rings is 1. The van der Waals surface area contributed by atoms with Crippen LogP contribution >= 0.6 is 11.3 Å². The van der Waals surface area contributed by atoms with E-state index >= 15 is 0 Å². The Morgan fingerprint density at radius 2 is 2.12 bits per heavy atom. The summed E-state index contributed by atoms with van der Waals surface area (Å²) in [6.45, 7) is 0. The third-order valence-electron chi connectivity index (χ3n) is 1.70. The number of fused-ring (bicyclic) bond motifs is 1. The lowest BCUT2D eigenvalue weighted by Gasteiger charge is -2.03. The van der Waals surface area contributed by atoms with Crippen molar-refractivity contribution in [3.63, 3.8) is 0 Å². The Bertz CT molecular complexity index is 570. The SMILES string of the molecule is N#Cc1ccc2nc(OC(F)(F)F)sc2c1. The summed E-state index contributed by atoms with van der Waals surface area (Å²) < 4.78 is 39.9. The number of alkyl halides is 3. The van der Waals surface area contributed by atoms with E-state index in [2.05, 4.69) is 9.72 Å². The van der Waals surface area contributed by atoms with Crippen molar-refractivity contribution in [2.24, 2.45) is 0 Å². The summed E-state index contributed by atoms with van der Waals surface area (Å²) in [4.78, 5) is 3.64. The van der Waals surface area contributed by atoms with Gasteiger partial charge >= 0.3 is 6.36 Å². The number of hydrogen-bond acceptors (Lipinski definition) is 4. The molecular formula is C9H3F3N2OS. The summed E-state index contributed by atoms with van der Waals surface area (Å²) >= 11 is 0.749. The molecule has 0 bridgehead atoms. The summed E-state index contributed by atoms with van der Waals surface area (Å²) in [5.74, 6) is 0. The van der Waals surface area contributed by atoms with E-state index in [1.807, 2.05) is 6.07 Å². The lowest BCUT2D eigenvalue weighted by atomic mass is 10.2. The predicted molar refractivity (Wildman–Crippen MR) is 51.0 cm³/mol. The highest BCUT2D eigenvalue weighted by molar-refractivity contribution is 7.20. The molecule has 0 saturated carbocycles. The molecule has 2 rings (SSSR count). The third-order valence-corrected chi connectivity index (χ3v) is 2.60. The molecule has 0 N–H and O–H groups in total. The van der Waals surface area contributed by atoms with Gasteiger partial charge in [-0.1, -0.05) is 11.3 Å². The first-order valence-electron chi connectivity index (χ1n) is 4.04. The molecule has 16 heavy (non-hydrogen) atoms. The number of ether oxygens (including phenoxy) is 1. The first kappa shape index (κ1) is 10.7. The summed E-state index contributed by atoms with van der Waals surface area (Å²) in [5, 5.41) is 8.14. The zero-order valence-electron chi connectivity index (χ0n) is 7.58. The lowest BCUT2D eigenvalue weighted by molar-refractivity contribution is -0.274. The fourth-order valence-electron chi connectivity index (χ4n) is 1.12. The van der Waals surface area contributed by atoms with Crippen LogP contribution in [-0.2, 0) is 0 Å². The van der Waals surface area contributed by atoms with E-state index in [0.29, 0.717) is 15.8 Å². The molecule has 0 aliphatic heterocycles. The molecule has 0 amide bonds. The maximum absolute atomic E-state index is 11.9. The molecule has 0 atom stereocenters. The second kappa shape index (κ2) is 3.64. The Kier molecular flexibility index (Phi) is 2.44. The average Bonchev–Trinajstić information content (AvgIpc) is 2.55. The van der Waals surface area contributed by atoms with E-state index in [-0.39, 0.29) is 0 Å². The van der Waals surface area contributed by atoms with Gasteiger partial charge in [0.2, 0.25) is 0 Å². The molecule has 1 aromatic heterocycles. The summed E-state index contributed by atoms with van der Waals surface area (Å²) in [5.41, 5.74) is 0.748. The minimum atomic E-state index is -4.74. The maximum Gasteiger partial charge on any atom is 0.574 e. The third kappa shape index (κ3) is 2.23. The number of benzene rings is 1. The van der Waals surface area contributed by atoms with Crippen LogP contribution in [-0.4, -0.2) is 11.3 Å². The van der Waals surface area contributed by atoms with Gasteiger partial charge in [0.25, 0.3) is 5.19 Å². The Labute approximate surface area is 91.7 Å². The molecule has 0 fully saturated rings. The van der Waals surface area contributed by atoms with Crippen LogP contribution in [0.2, 0.25) is 0 Å². The molecular weight excluding hydrogens is 241 g/mol. The highest BCUT2D eigenvalue weighted by Crippen LogP contribution is 2.32. The van der Waals surface area contributed by atoms with Gasteiger partial charge in [-0.25, -0.2) is 4.98 Å². The molecule has 7 heteroatoms. The van der Waals surface area contributed by atoms with Crippen LogP contribution in [0.4, 0.5) is 13.2 Å². The highest BCUT2D eigenvalue weighted by Gasteiger charge is 2.32. The van der Waals surface area contributed by atoms with Crippen molar-refractivity contribution in [1.29, 1.82) is 5.26 Å². The minimum absolute atomic E-state index is 0.370. The molecule has 1 heterocycles.